The minimum absolute atomic E-state index is 0.110. The topological polar surface area (TPSA) is 78.9 Å². The first-order valence-corrected chi connectivity index (χ1v) is 7.97. The van der Waals surface area contributed by atoms with Gasteiger partial charge in [-0.2, -0.15) is 0 Å². The van der Waals surface area contributed by atoms with Gasteiger partial charge in [0.2, 0.25) is 0 Å². The van der Waals surface area contributed by atoms with Crippen molar-refractivity contribution in [3.05, 3.63) is 29.8 Å². The van der Waals surface area contributed by atoms with Crippen LogP contribution in [-0.2, 0) is 11.3 Å². The van der Waals surface area contributed by atoms with Gasteiger partial charge >= 0.3 is 12.0 Å². The number of hydrogen-bond acceptors (Lipinski definition) is 3. The number of hydrogen-bond donors (Lipinski definition) is 2. The summed E-state index contributed by atoms with van der Waals surface area (Å²) < 4.78 is 5.10. The summed E-state index contributed by atoms with van der Waals surface area (Å²) in [5, 5.41) is 12.2. The molecule has 3 rings (SSSR count). The van der Waals surface area contributed by atoms with Crippen LogP contribution in [0.2, 0.25) is 0 Å². The number of amides is 2. The summed E-state index contributed by atoms with van der Waals surface area (Å²) in [7, 11) is 1.61. The van der Waals surface area contributed by atoms with Gasteiger partial charge in [-0.1, -0.05) is 12.1 Å². The molecule has 0 spiro atoms. The molecule has 1 aromatic rings. The Morgan fingerprint density at radius 2 is 1.96 bits per heavy atom. The van der Waals surface area contributed by atoms with E-state index in [4.69, 9.17) is 4.74 Å². The van der Waals surface area contributed by atoms with Crippen molar-refractivity contribution in [2.75, 3.05) is 20.2 Å². The van der Waals surface area contributed by atoms with Crippen molar-refractivity contribution in [2.24, 2.45) is 17.8 Å². The fourth-order valence-electron chi connectivity index (χ4n) is 3.29. The standard InChI is InChI=1S/C17H22N2O4/c1-23-13-6-2-11(3-7-13)8-18-17(22)19-9-14(12-4-5-12)15(10-19)16(20)21/h2-3,6-7,12,14-15H,4-5,8-10H2,1H3,(H,18,22)(H,20,21)/t14-,15+/m1/s1. The molecule has 0 aromatic heterocycles. The van der Waals surface area contributed by atoms with Gasteiger partial charge in [0.25, 0.3) is 0 Å². The van der Waals surface area contributed by atoms with Gasteiger partial charge in [0, 0.05) is 19.6 Å². The van der Waals surface area contributed by atoms with Crippen LogP contribution in [0.25, 0.3) is 0 Å². The van der Waals surface area contributed by atoms with Gasteiger partial charge in [0.05, 0.1) is 13.0 Å². The molecule has 6 nitrogen and oxygen atoms in total. The van der Waals surface area contributed by atoms with E-state index in [0.29, 0.717) is 25.6 Å². The Kier molecular flexibility index (Phi) is 4.41. The van der Waals surface area contributed by atoms with E-state index in [1.54, 1.807) is 12.0 Å². The monoisotopic (exact) mass is 318 g/mol. The third-order valence-electron chi connectivity index (χ3n) is 4.80. The molecule has 2 amide bonds. The molecule has 1 aliphatic carbocycles. The molecule has 2 fully saturated rings. The minimum atomic E-state index is -0.785. The molecule has 1 saturated carbocycles. The lowest BCUT2D eigenvalue weighted by Crippen LogP contribution is -2.38. The molecule has 1 saturated heterocycles. The van der Waals surface area contributed by atoms with Crippen LogP contribution in [0.3, 0.4) is 0 Å². The molecule has 0 bridgehead atoms. The SMILES string of the molecule is COc1ccc(CNC(=O)N2C[C@H](C(=O)O)[C@@H](C3CC3)C2)cc1. The van der Waals surface area contributed by atoms with Crippen LogP contribution in [0.4, 0.5) is 4.79 Å². The van der Waals surface area contributed by atoms with Gasteiger partial charge in [-0.15, -0.1) is 0 Å². The van der Waals surface area contributed by atoms with Crippen molar-refractivity contribution in [2.45, 2.75) is 19.4 Å². The predicted octanol–water partition coefficient (Wildman–Crippen LogP) is 1.95. The van der Waals surface area contributed by atoms with Crippen LogP contribution in [-0.4, -0.2) is 42.2 Å². The number of likely N-dealkylation sites (tertiary alicyclic amines) is 1. The fourth-order valence-corrected chi connectivity index (χ4v) is 3.29. The first-order valence-electron chi connectivity index (χ1n) is 7.97. The summed E-state index contributed by atoms with van der Waals surface area (Å²) in [5.74, 6) is 0.160. The molecule has 1 heterocycles. The smallest absolute Gasteiger partial charge is 0.317 e. The Morgan fingerprint density at radius 1 is 1.26 bits per heavy atom. The maximum absolute atomic E-state index is 12.3. The number of aliphatic carboxylic acids is 1. The zero-order chi connectivity index (χ0) is 16.4. The Morgan fingerprint density at radius 3 is 2.52 bits per heavy atom. The summed E-state index contributed by atoms with van der Waals surface area (Å²) >= 11 is 0. The van der Waals surface area contributed by atoms with Gasteiger partial charge in [-0.05, 0) is 42.4 Å². The summed E-state index contributed by atoms with van der Waals surface area (Å²) in [6.45, 7) is 1.28. The zero-order valence-corrected chi connectivity index (χ0v) is 13.2. The molecule has 1 aliphatic heterocycles. The highest BCUT2D eigenvalue weighted by atomic mass is 16.5. The molecule has 6 heteroatoms. The lowest BCUT2D eigenvalue weighted by Gasteiger charge is -2.17. The number of methoxy groups -OCH3 is 1. The first kappa shape index (κ1) is 15.6. The van der Waals surface area contributed by atoms with Crippen molar-refractivity contribution >= 4 is 12.0 Å². The number of benzene rings is 1. The van der Waals surface area contributed by atoms with Crippen LogP contribution >= 0.6 is 0 Å². The van der Waals surface area contributed by atoms with Crippen molar-refractivity contribution in [3.63, 3.8) is 0 Å². The molecule has 2 N–H and O–H groups in total. The van der Waals surface area contributed by atoms with Crippen molar-refractivity contribution < 1.29 is 19.4 Å². The minimum Gasteiger partial charge on any atom is -0.497 e. The Bertz CT molecular complexity index is 583. The number of nitrogens with zero attached hydrogens (tertiary/aromatic N) is 1. The van der Waals surface area contributed by atoms with Crippen molar-refractivity contribution in [3.8, 4) is 5.75 Å². The van der Waals surface area contributed by atoms with Gasteiger partial charge in [0.15, 0.2) is 0 Å². The van der Waals surface area contributed by atoms with Crippen molar-refractivity contribution in [1.82, 2.24) is 10.2 Å². The van der Waals surface area contributed by atoms with E-state index in [1.165, 1.54) is 0 Å². The molecule has 2 aliphatic rings. The number of urea groups is 1. The molecule has 0 radical (unpaired) electrons. The maximum Gasteiger partial charge on any atom is 0.317 e. The molecular weight excluding hydrogens is 296 g/mol. The Hall–Kier alpha value is -2.24. The van der Waals surface area contributed by atoms with Crippen LogP contribution in [0.15, 0.2) is 24.3 Å². The second kappa shape index (κ2) is 6.48. The van der Waals surface area contributed by atoms with E-state index in [2.05, 4.69) is 5.32 Å². The van der Waals surface area contributed by atoms with E-state index < -0.39 is 11.9 Å². The van der Waals surface area contributed by atoms with E-state index in [0.717, 1.165) is 24.2 Å². The second-order valence-electron chi connectivity index (χ2n) is 6.36. The molecule has 124 valence electrons. The van der Waals surface area contributed by atoms with Gasteiger partial charge in [-0.25, -0.2) is 4.79 Å². The average molecular weight is 318 g/mol. The van der Waals surface area contributed by atoms with Gasteiger partial charge in [-0.3, -0.25) is 4.79 Å². The van der Waals surface area contributed by atoms with E-state index in [1.807, 2.05) is 24.3 Å². The maximum atomic E-state index is 12.3. The normalized spacial score (nSPS) is 23.6. The molecule has 23 heavy (non-hydrogen) atoms. The quantitative estimate of drug-likeness (QED) is 0.870. The largest absolute Gasteiger partial charge is 0.497 e. The van der Waals surface area contributed by atoms with Crippen LogP contribution in [0.5, 0.6) is 5.75 Å². The fraction of sp³-hybridized carbons (Fsp3) is 0.529. The van der Waals surface area contributed by atoms with E-state index >= 15 is 0 Å². The van der Waals surface area contributed by atoms with Gasteiger partial charge in [0.1, 0.15) is 5.75 Å². The predicted molar refractivity (Wildman–Crippen MR) is 84.1 cm³/mol. The van der Waals surface area contributed by atoms with Gasteiger partial charge < -0.3 is 20.1 Å². The third kappa shape index (κ3) is 3.57. The number of carboxylic acid groups (broad SMARTS) is 1. The summed E-state index contributed by atoms with van der Waals surface area (Å²) in [6, 6.07) is 7.31. The first-order chi connectivity index (χ1) is 11.1. The number of nitrogens with one attached hydrogen (secondary N) is 1. The van der Waals surface area contributed by atoms with E-state index in [9.17, 15) is 14.7 Å². The zero-order valence-electron chi connectivity index (χ0n) is 13.2. The Balaban J connectivity index is 1.54. The molecule has 0 unspecified atom stereocenters. The number of ether oxygens (including phenoxy) is 1. The number of carboxylic acids is 1. The summed E-state index contributed by atoms with van der Waals surface area (Å²) in [5.41, 5.74) is 0.979. The van der Waals surface area contributed by atoms with Crippen LogP contribution < -0.4 is 10.1 Å². The van der Waals surface area contributed by atoms with E-state index in [-0.39, 0.29) is 11.9 Å². The second-order valence-corrected chi connectivity index (χ2v) is 6.36. The van der Waals surface area contributed by atoms with Crippen LogP contribution in [0.1, 0.15) is 18.4 Å². The molecule has 1 aromatic carbocycles. The number of carbonyl (C=O) groups excluding carboxylic acids is 1. The molecular formula is C17H22N2O4. The highest BCUT2D eigenvalue weighted by Gasteiger charge is 2.46. The highest BCUT2D eigenvalue weighted by molar-refractivity contribution is 5.77. The van der Waals surface area contributed by atoms with Crippen molar-refractivity contribution in [1.29, 1.82) is 0 Å². The summed E-state index contributed by atoms with van der Waals surface area (Å²) in [4.78, 5) is 25.3. The highest BCUT2D eigenvalue weighted by Crippen LogP contribution is 2.44. The average Bonchev–Trinajstić information content (AvgIpc) is 3.31. The number of carbonyl (C=O) groups is 2. The summed E-state index contributed by atoms with van der Waals surface area (Å²) in [6.07, 6.45) is 2.19. The lowest BCUT2D eigenvalue weighted by molar-refractivity contribution is -0.142. The Labute approximate surface area is 135 Å². The third-order valence-corrected chi connectivity index (χ3v) is 4.80. The van der Waals surface area contributed by atoms with Crippen LogP contribution in [0, 0.1) is 17.8 Å². The number of rotatable bonds is 5. The lowest BCUT2D eigenvalue weighted by atomic mass is 9.92. The molecule has 2 atom stereocenters.